The summed E-state index contributed by atoms with van der Waals surface area (Å²) in [7, 11) is -8.00. The molecule has 0 atom stereocenters. The van der Waals surface area contributed by atoms with Gasteiger partial charge in [0.15, 0.2) is 0 Å². The number of sulfonamides is 2. The molecule has 0 aliphatic rings. The van der Waals surface area contributed by atoms with E-state index in [0.717, 1.165) is 14.3 Å². The summed E-state index contributed by atoms with van der Waals surface area (Å²) in [5.41, 5.74) is 2.46. The maximum absolute atomic E-state index is 13.6. The van der Waals surface area contributed by atoms with E-state index in [2.05, 4.69) is 26.0 Å². The Morgan fingerprint density at radius 1 is 0.800 bits per heavy atom. The molecule has 1 amide bonds. The van der Waals surface area contributed by atoms with Gasteiger partial charge in [0.25, 0.3) is 20.0 Å². The molecule has 12 heteroatoms. The van der Waals surface area contributed by atoms with Gasteiger partial charge in [0.2, 0.25) is 5.91 Å². The summed E-state index contributed by atoms with van der Waals surface area (Å²) in [4.78, 5) is 13.1. The number of nitrogens with zero attached hydrogens (tertiary/aromatic N) is 1. The van der Waals surface area contributed by atoms with E-state index < -0.39 is 32.5 Å². The highest BCUT2D eigenvalue weighted by atomic mass is 79.9. The second kappa shape index (κ2) is 12.0. The monoisotopic (exact) mass is 661 g/mol. The predicted octanol–water partition coefficient (Wildman–Crippen LogP) is 6.35. The minimum Gasteiger partial charge on any atom is -0.325 e. The van der Waals surface area contributed by atoms with Crippen molar-refractivity contribution in [1.29, 1.82) is 0 Å². The van der Waals surface area contributed by atoms with Gasteiger partial charge in [-0.2, -0.15) is 0 Å². The zero-order chi connectivity index (χ0) is 29.1. The van der Waals surface area contributed by atoms with Crippen LogP contribution in [0.3, 0.4) is 0 Å². The summed E-state index contributed by atoms with van der Waals surface area (Å²) in [5, 5.41) is 2.96. The number of anilines is 3. The number of carbonyl (C=O) groups is 1. The molecule has 0 spiro atoms. The first-order chi connectivity index (χ1) is 18.8. The number of halogens is 2. The van der Waals surface area contributed by atoms with Crippen molar-refractivity contribution < 1.29 is 21.6 Å². The van der Waals surface area contributed by atoms with Crippen LogP contribution in [-0.4, -0.2) is 29.3 Å². The maximum atomic E-state index is 13.6. The van der Waals surface area contributed by atoms with Crippen LogP contribution in [0, 0.1) is 13.8 Å². The second-order valence-electron chi connectivity index (χ2n) is 8.94. The van der Waals surface area contributed by atoms with Crippen molar-refractivity contribution in [1.82, 2.24) is 0 Å². The Balaban J connectivity index is 1.55. The Kier molecular flexibility index (Phi) is 8.89. The molecule has 0 heterocycles. The quantitative estimate of drug-likeness (QED) is 0.217. The molecule has 0 unspecified atom stereocenters. The molecule has 2 N–H and O–H groups in total. The standard InChI is InChI=1S/C28H25BrClN3O5S2/c1-19-3-13-26(14-4-19)40(37,38)33(27-17-22(30)8-5-20(27)2)18-28(34)31-23-11-15-25(16-12-23)39(35,36)32-24-9-6-21(29)7-10-24/h3-17,32H,18H2,1-2H3,(H,31,34). The molecule has 0 radical (unpaired) electrons. The minimum atomic E-state index is -4.13. The molecule has 0 bridgehead atoms. The van der Waals surface area contributed by atoms with Gasteiger partial charge in [0.05, 0.1) is 15.5 Å². The summed E-state index contributed by atoms with van der Waals surface area (Å²) in [5.74, 6) is -0.626. The lowest BCUT2D eigenvalue weighted by atomic mass is 10.2. The van der Waals surface area contributed by atoms with E-state index in [-0.39, 0.29) is 15.5 Å². The molecular formula is C28H25BrClN3O5S2. The number of rotatable bonds is 9. The third kappa shape index (κ3) is 7.03. The van der Waals surface area contributed by atoms with Gasteiger partial charge in [-0.1, -0.05) is 51.3 Å². The molecule has 0 saturated carbocycles. The molecule has 208 valence electrons. The summed E-state index contributed by atoms with van der Waals surface area (Å²) >= 11 is 9.48. The summed E-state index contributed by atoms with van der Waals surface area (Å²) in [6.07, 6.45) is 0. The SMILES string of the molecule is Cc1ccc(S(=O)(=O)N(CC(=O)Nc2ccc(S(=O)(=O)Nc3ccc(Br)cc3)cc2)c2cc(Cl)ccc2C)cc1. The number of amides is 1. The molecule has 0 fully saturated rings. The second-order valence-corrected chi connectivity index (χ2v) is 13.8. The van der Waals surface area contributed by atoms with Crippen molar-refractivity contribution >= 4 is 70.5 Å². The van der Waals surface area contributed by atoms with Crippen LogP contribution in [0.1, 0.15) is 11.1 Å². The van der Waals surface area contributed by atoms with E-state index in [1.807, 2.05) is 6.92 Å². The van der Waals surface area contributed by atoms with Gasteiger partial charge in [0.1, 0.15) is 6.54 Å². The minimum absolute atomic E-state index is 0.00783. The van der Waals surface area contributed by atoms with Gasteiger partial charge < -0.3 is 5.32 Å². The maximum Gasteiger partial charge on any atom is 0.264 e. The van der Waals surface area contributed by atoms with Crippen molar-refractivity contribution in [2.24, 2.45) is 0 Å². The van der Waals surface area contributed by atoms with Gasteiger partial charge in [-0.15, -0.1) is 0 Å². The third-order valence-electron chi connectivity index (χ3n) is 5.88. The number of hydrogen-bond acceptors (Lipinski definition) is 5. The normalized spacial score (nSPS) is 11.6. The van der Waals surface area contributed by atoms with E-state index in [4.69, 9.17) is 11.6 Å². The summed E-state index contributed by atoms with van der Waals surface area (Å²) < 4.78 is 57.1. The Labute approximate surface area is 247 Å². The van der Waals surface area contributed by atoms with E-state index in [9.17, 15) is 21.6 Å². The summed E-state index contributed by atoms with van der Waals surface area (Å²) in [6, 6.07) is 23.3. The summed E-state index contributed by atoms with van der Waals surface area (Å²) in [6.45, 7) is 3.03. The largest absolute Gasteiger partial charge is 0.325 e. The molecule has 0 aliphatic carbocycles. The molecular weight excluding hydrogens is 638 g/mol. The highest BCUT2D eigenvalue weighted by molar-refractivity contribution is 9.10. The molecule has 0 aromatic heterocycles. The van der Waals surface area contributed by atoms with Gasteiger partial charge in [-0.05, 0) is 92.2 Å². The number of hydrogen-bond donors (Lipinski definition) is 2. The van der Waals surface area contributed by atoms with E-state index in [0.29, 0.717) is 22.0 Å². The molecule has 4 rings (SSSR count). The van der Waals surface area contributed by atoms with E-state index in [1.54, 1.807) is 55.5 Å². The van der Waals surface area contributed by atoms with Crippen molar-refractivity contribution in [2.75, 3.05) is 20.9 Å². The lowest BCUT2D eigenvalue weighted by Gasteiger charge is -2.26. The van der Waals surface area contributed by atoms with E-state index >= 15 is 0 Å². The van der Waals surface area contributed by atoms with Crippen LogP contribution < -0.4 is 14.3 Å². The van der Waals surface area contributed by atoms with Crippen molar-refractivity contribution in [3.63, 3.8) is 0 Å². The lowest BCUT2D eigenvalue weighted by molar-refractivity contribution is -0.114. The molecule has 40 heavy (non-hydrogen) atoms. The van der Waals surface area contributed by atoms with Gasteiger partial charge in [0, 0.05) is 20.9 Å². The first-order valence-corrected chi connectivity index (χ1v) is 16.0. The topological polar surface area (TPSA) is 113 Å². The third-order valence-corrected chi connectivity index (χ3v) is 9.82. The molecule has 0 aliphatic heterocycles. The zero-order valence-electron chi connectivity index (χ0n) is 21.4. The van der Waals surface area contributed by atoms with Crippen LogP contribution in [0.25, 0.3) is 0 Å². The zero-order valence-corrected chi connectivity index (χ0v) is 25.4. The highest BCUT2D eigenvalue weighted by Gasteiger charge is 2.28. The van der Waals surface area contributed by atoms with Crippen LogP contribution >= 0.6 is 27.5 Å². The smallest absolute Gasteiger partial charge is 0.264 e. The number of benzene rings is 4. The van der Waals surface area contributed by atoms with Crippen molar-refractivity contribution in [3.8, 4) is 0 Å². The first-order valence-electron chi connectivity index (χ1n) is 11.9. The lowest BCUT2D eigenvalue weighted by Crippen LogP contribution is -2.38. The van der Waals surface area contributed by atoms with Crippen LogP contribution in [-0.2, 0) is 24.8 Å². The number of carbonyl (C=O) groups excluding carboxylic acids is 1. The average Bonchev–Trinajstić information content (AvgIpc) is 2.90. The van der Waals surface area contributed by atoms with Crippen molar-refractivity contribution in [3.05, 3.63) is 112 Å². The van der Waals surface area contributed by atoms with Crippen LogP contribution in [0.15, 0.2) is 105 Å². The Morgan fingerprint density at radius 2 is 1.38 bits per heavy atom. The van der Waals surface area contributed by atoms with E-state index in [1.165, 1.54) is 42.5 Å². The first kappa shape index (κ1) is 29.6. The van der Waals surface area contributed by atoms with Crippen LogP contribution in [0.5, 0.6) is 0 Å². The van der Waals surface area contributed by atoms with Crippen molar-refractivity contribution in [2.45, 2.75) is 23.6 Å². The van der Waals surface area contributed by atoms with Crippen LogP contribution in [0.4, 0.5) is 17.1 Å². The fourth-order valence-corrected chi connectivity index (χ4v) is 6.74. The molecule has 0 saturated heterocycles. The average molecular weight is 663 g/mol. The Morgan fingerprint density at radius 3 is 2.00 bits per heavy atom. The van der Waals surface area contributed by atoms with Gasteiger partial charge in [-0.3, -0.25) is 13.8 Å². The molecule has 4 aromatic rings. The fraction of sp³-hybridized carbons (Fsp3) is 0.107. The molecule has 4 aromatic carbocycles. The fourth-order valence-electron chi connectivity index (χ4n) is 3.77. The van der Waals surface area contributed by atoms with Crippen LogP contribution in [0.2, 0.25) is 5.02 Å². The van der Waals surface area contributed by atoms with Gasteiger partial charge >= 0.3 is 0 Å². The molecule has 8 nitrogen and oxygen atoms in total. The number of nitrogens with one attached hydrogen (secondary N) is 2. The Bertz CT molecular complexity index is 1750. The number of aryl methyl sites for hydroxylation is 2. The van der Waals surface area contributed by atoms with Gasteiger partial charge in [-0.25, -0.2) is 16.8 Å². The Hall–Kier alpha value is -3.38. The predicted molar refractivity (Wildman–Crippen MR) is 162 cm³/mol. The highest BCUT2D eigenvalue weighted by Crippen LogP contribution is 2.30.